The van der Waals surface area contributed by atoms with Gasteiger partial charge in [0.1, 0.15) is 0 Å². The third kappa shape index (κ3) is 5.65. The van der Waals surface area contributed by atoms with Crippen LogP contribution >= 0.6 is 0 Å². The molecular weight excluding hydrogens is 316 g/mol. The van der Waals surface area contributed by atoms with Crippen LogP contribution in [0, 0.1) is 6.92 Å². The molecule has 1 amide bonds. The minimum atomic E-state index is -0.779. The molecule has 2 heterocycles. The lowest BCUT2D eigenvalue weighted by Gasteiger charge is -2.21. The van der Waals surface area contributed by atoms with E-state index >= 15 is 0 Å². The molecule has 0 bridgehead atoms. The zero-order chi connectivity index (χ0) is 18.1. The molecule has 0 atom stereocenters. The fourth-order valence-corrected chi connectivity index (χ4v) is 2.53. The molecule has 24 heavy (non-hydrogen) atoms. The first-order chi connectivity index (χ1) is 11.4. The number of carboxylic acids is 1. The number of carboxylic acid groups (broad SMARTS) is 2. The molecule has 1 aliphatic rings. The highest BCUT2D eigenvalue weighted by atomic mass is 16.4. The van der Waals surface area contributed by atoms with Gasteiger partial charge in [-0.15, -0.1) is 0 Å². The molecule has 1 aliphatic heterocycles. The van der Waals surface area contributed by atoms with E-state index in [1.54, 1.807) is 10.9 Å². The van der Waals surface area contributed by atoms with Crippen molar-refractivity contribution >= 4 is 18.3 Å². The Labute approximate surface area is 140 Å². The van der Waals surface area contributed by atoms with E-state index in [4.69, 9.17) is 15.0 Å². The van der Waals surface area contributed by atoms with Crippen LogP contribution in [0.2, 0.25) is 0 Å². The summed E-state index contributed by atoms with van der Waals surface area (Å²) >= 11 is 0. The molecular formula is C15H24N4O5. The number of carbonyl (C=O) groups excluding carboxylic acids is 1. The van der Waals surface area contributed by atoms with Gasteiger partial charge in [-0.3, -0.25) is 19.1 Å². The first-order valence-corrected chi connectivity index (χ1v) is 7.70. The maximum Gasteiger partial charge on any atom is 0.304 e. The van der Waals surface area contributed by atoms with E-state index in [1.807, 2.05) is 18.9 Å². The fourth-order valence-electron chi connectivity index (χ4n) is 2.53. The van der Waals surface area contributed by atoms with Gasteiger partial charge < -0.3 is 20.0 Å². The maximum absolute atomic E-state index is 12.5. The molecule has 1 fully saturated rings. The second kappa shape index (κ2) is 9.66. The summed E-state index contributed by atoms with van der Waals surface area (Å²) < 4.78 is 1.70. The van der Waals surface area contributed by atoms with Gasteiger partial charge in [0.15, 0.2) is 0 Å². The molecule has 1 saturated heterocycles. The molecule has 0 aliphatic carbocycles. The van der Waals surface area contributed by atoms with Crippen molar-refractivity contribution in [3.05, 3.63) is 17.5 Å². The molecule has 1 aromatic rings. The zero-order valence-corrected chi connectivity index (χ0v) is 14.0. The van der Waals surface area contributed by atoms with Gasteiger partial charge in [-0.25, -0.2) is 0 Å². The Hall–Kier alpha value is -2.42. The number of carbonyl (C=O) groups is 3. The third-order valence-electron chi connectivity index (χ3n) is 3.98. The van der Waals surface area contributed by atoms with Crippen molar-refractivity contribution in [2.24, 2.45) is 7.05 Å². The first kappa shape index (κ1) is 19.6. The van der Waals surface area contributed by atoms with Crippen LogP contribution in [-0.2, 0) is 16.6 Å². The summed E-state index contributed by atoms with van der Waals surface area (Å²) in [6.45, 7) is 5.07. The van der Waals surface area contributed by atoms with Crippen molar-refractivity contribution < 1.29 is 24.6 Å². The fraction of sp³-hybridized carbons (Fsp3) is 0.600. The highest BCUT2D eigenvalue weighted by Gasteiger charge is 2.23. The van der Waals surface area contributed by atoms with Crippen LogP contribution in [0.4, 0.5) is 0 Å². The monoisotopic (exact) mass is 340 g/mol. The van der Waals surface area contributed by atoms with Gasteiger partial charge in [0.05, 0.1) is 18.2 Å². The van der Waals surface area contributed by atoms with Crippen LogP contribution < -0.4 is 0 Å². The average Bonchev–Trinajstić information content (AvgIpc) is 2.75. The second-order valence-corrected chi connectivity index (χ2v) is 5.50. The van der Waals surface area contributed by atoms with Crippen LogP contribution in [-0.4, -0.2) is 80.9 Å². The Kier molecular flexibility index (Phi) is 7.90. The van der Waals surface area contributed by atoms with Gasteiger partial charge in [-0.1, -0.05) is 0 Å². The van der Waals surface area contributed by atoms with Crippen molar-refractivity contribution in [2.45, 2.75) is 19.8 Å². The Bertz CT molecular complexity index is 572. The second-order valence-electron chi connectivity index (χ2n) is 5.50. The predicted octanol–water partition coefficient (Wildman–Crippen LogP) is 0.0519. The number of hydrogen-bond donors (Lipinski definition) is 2. The van der Waals surface area contributed by atoms with E-state index in [2.05, 4.69) is 10.00 Å². The van der Waals surface area contributed by atoms with E-state index in [0.717, 1.165) is 25.2 Å². The highest BCUT2D eigenvalue weighted by Crippen LogP contribution is 2.12. The number of nitrogens with zero attached hydrogens (tertiary/aromatic N) is 4. The summed E-state index contributed by atoms with van der Waals surface area (Å²) in [6.07, 6.45) is 2.63. The topological polar surface area (TPSA) is 116 Å². The number of aromatic nitrogens is 2. The van der Waals surface area contributed by atoms with E-state index in [9.17, 15) is 9.59 Å². The molecule has 0 saturated carbocycles. The zero-order valence-electron chi connectivity index (χ0n) is 14.0. The highest BCUT2D eigenvalue weighted by molar-refractivity contribution is 5.95. The summed E-state index contributed by atoms with van der Waals surface area (Å²) in [4.78, 5) is 35.5. The van der Waals surface area contributed by atoms with Gasteiger partial charge in [-0.2, -0.15) is 5.10 Å². The standard InChI is InChI=1S/C14H22N4O3.CH2O2/c1-11-12(10-15-16(11)2)14(21)18-6-3-5-17(8-9-18)7-4-13(19)20;2-1-3/h10H,3-9H2,1-2H3,(H,19,20);1H,(H,2,3). The average molecular weight is 340 g/mol. The van der Waals surface area contributed by atoms with Crippen molar-refractivity contribution in [1.29, 1.82) is 0 Å². The van der Waals surface area contributed by atoms with Crippen molar-refractivity contribution in [3.8, 4) is 0 Å². The summed E-state index contributed by atoms with van der Waals surface area (Å²) in [5, 5.41) is 19.7. The van der Waals surface area contributed by atoms with Gasteiger partial charge in [-0.05, 0) is 19.9 Å². The molecule has 1 aromatic heterocycles. The van der Waals surface area contributed by atoms with Gasteiger partial charge >= 0.3 is 5.97 Å². The van der Waals surface area contributed by atoms with Crippen molar-refractivity contribution in [2.75, 3.05) is 32.7 Å². The number of aliphatic carboxylic acids is 1. The van der Waals surface area contributed by atoms with Crippen LogP contribution in [0.5, 0.6) is 0 Å². The number of rotatable bonds is 4. The third-order valence-corrected chi connectivity index (χ3v) is 3.98. The normalized spacial score (nSPS) is 15.2. The number of hydrogen-bond acceptors (Lipinski definition) is 5. The van der Waals surface area contributed by atoms with Crippen LogP contribution in [0.3, 0.4) is 0 Å². The lowest BCUT2D eigenvalue weighted by Crippen LogP contribution is -2.35. The van der Waals surface area contributed by atoms with Crippen LogP contribution in [0.15, 0.2) is 6.20 Å². The number of aryl methyl sites for hydroxylation is 1. The molecule has 9 nitrogen and oxygen atoms in total. The Morgan fingerprint density at radius 1 is 1.29 bits per heavy atom. The summed E-state index contributed by atoms with van der Waals surface area (Å²) in [6, 6.07) is 0. The Morgan fingerprint density at radius 2 is 1.96 bits per heavy atom. The van der Waals surface area contributed by atoms with E-state index in [-0.39, 0.29) is 18.8 Å². The minimum Gasteiger partial charge on any atom is -0.483 e. The van der Waals surface area contributed by atoms with E-state index in [1.165, 1.54) is 0 Å². The molecule has 0 aromatic carbocycles. The predicted molar refractivity (Wildman–Crippen MR) is 85.9 cm³/mol. The van der Waals surface area contributed by atoms with Gasteiger partial charge in [0.2, 0.25) is 0 Å². The largest absolute Gasteiger partial charge is 0.483 e. The summed E-state index contributed by atoms with van der Waals surface area (Å²) in [7, 11) is 1.82. The molecule has 0 radical (unpaired) electrons. The lowest BCUT2D eigenvalue weighted by atomic mass is 10.2. The maximum atomic E-state index is 12.5. The first-order valence-electron chi connectivity index (χ1n) is 7.70. The molecule has 134 valence electrons. The van der Waals surface area contributed by atoms with Crippen LogP contribution in [0.1, 0.15) is 28.9 Å². The molecule has 2 N–H and O–H groups in total. The van der Waals surface area contributed by atoms with Crippen molar-refractivity contribution in [3.63, 3.8) is 0 Å². The smallest absolute Gasteiger partial charge is 0.304 e. The Morgan fingerprint density at radius 3 is 2.50 bits per heavy atom. The molecule has 0 spiro atoms. The van der Waals surface area contributed by atoms with Gasteiger partial charge in [0.25, 0.3) is 12.4 Å². The molecule has 0 unspecified atom stereocenters. The Balaban J connectivity index is 0.000000891. The summed E-state index contributed by atoms with van der Waals surface area (Å²) in [5.74, 6) is -0.765. The summed E-state index contributed by atoms with van der Waals surface area (Å²) in [5.41, 5.74) is 1.52. The molecule has 2 rings (SSSR count). The van der Waals surface area contributed by atoms with Gasteiger partial charge in [0, 0.05) is 38.9 Å². The quantitative estimate of drug-likeness (QED) is 0.744. The van der Waals surface area contributed by atoms with Crippen LogP contribution in [0.25, 0.3) is 0 Å². The minimum absolute atomic E-state index is 0.0145. The van der Waals surface area contributed by atoms with E-state index in [0.29, 0.717) is 25.2 Å². The van der Waals surface area contributed by atoms with E-state index < -0.39 is 5.97 Å². The SMILES string of the molecule is Cc1c(C(=O)N2CCCN(CCC(=O)O)CC2)cnn1C.O=CO. The lowest BCUT2D eigenvalue weighted by molar-refractivity contribution is -0.137. The van der Waals surface area contributed by atoms with Crippen molar-refractivity contribution in [1.82, 2.24) is 19.6 Å². The molecule has 9 heteroatoms. The number of amides is 1.